The molecule has 2 N–H and O–H groups in total. The van der Waals surface area contributed by atoms with Crippen LogP contribution in [0.4, 0.5) is 0 Å². The van der Waals surface area contributed by atoms with Crippen LogP contribution in [0.25, 0.3) is 11.1 Å². The standard InChI is InChI=1S/C22H14O4/c23-21(24)19-11-12-20(22(25)26)18(14-19)10-9-15-5-4-8-17(13-15)16-6-2-1-3-7-16/h1-8,11-14H,(H,23,24)(H,25,26). The molecular formula is C22H14O4. The molecule has 0 atom stereocenters. The molecule has 0 aliphatic rings. The Kier molecular flexibility index (Phi) is 4.82. The predicted molar refractivity (Wildman–Crippen MR) is 98.2 cm³/mol. The molecule has 0 radical (unpaired) electrons. The molecule has 4 heteroatoms. The fourth-order valence-corrected chi connectivity index (χ4v) is 2.51. The van der Waals surface area contributed by atoms with Gasteiger partial charge in [0.05, 0.1) is 11.1 Å². The van der Waals surface area contributed by atoms with E-state index in [4.69, 9.17) is 5.11 Å². The number of hydrogen-bond donors (Lipinski definition) is 2. The van der Waals surface area contributed by atoms with Crippen molar-refractivity contribution in [2.45, 2.75) is 0 Å². The van der Waals surface area contributed by atoms with E-state index in [0.29, 0.717) is 5.56 Å². The van der Waals surface area contributed by atoms with Gasteiger partial charge >= 0.3 is 11.9 Å². The molecule has 0 aromatic heterocycles. The van der Waals surface area contributed by atoms with Gasteiger partial charge in [0.2, 0.25) is 0 Å². The number of carboxylic acid groups (broad SMARTS) is 2. The van der Waals surface area contributed by atoms with E-state index in [9.17, 15) is 14.7 Å². The zero-order chi connectivity index (χ0) is 18.5. The van der Waals surface area contributed by atoms with Gasteiger partial charge in [0.25, 0.3) is 0 Å². The fraction of sp³-hybridized carbons (Fsp3) is 0. The second-order valence-electron chi connectivity index (χ2n) is 5.57. The molecule has 26 heavy (non-hydrogen) atoms. The lowest BCUT2D eigenvalue weighted by Gasteiger charge is -2.02. The summed E-state index contributed by atoms with van der Waals surface area (Å²) in [6.45, 7) is 0. The van der Waals surface area contributed by atoms with E-state index in [1.54, 1.807) is 0 Å². The fourth-order valence-electron chi connectivity index (χ4n) is 2.51. The molecule has 0 saturated heterocycles. The van der Waals surface area contributed by atoms with Crippen molar-refractivity contribution in [1.82, 2.24) is 0 Å². The molecule has 0 amide bonds. The largest absolute Gasteiger partial charge is 0.478 e. The third-order valence-corrected chi connectivity index (χ3v) is 3.81. The predicted octanol–water partition coefficient (Wildman–Crippen LogP) is 4.15. The highest BCUT2D eigenvalue weighted by atomic mass is 16.4. The minimum absolute atomic E-state index is 0.00247. The van der Waals surface area contributed by atoms with Crippen molar-refractivity contribution in [3.8, 4) is 23.0 Å². The summed E-state index contributed by atoms with van der Waals surface area (Å²) < 4.78 is 0. The maximum absolute atomic E-state index is 11.3. The van der Waals surface area contributed by atoms with Gasteiger partial charge in [0.15, 0.2) is 0 Å². The maximum Gasteiger partial charge on any atom is 0.336 e. The van der Waals surface area contributed by atoms with Crippen LogP contribution in [0.2, 0.25) is 0 Å². The van der Waals surface area contributed by atoms with E-state index in [1.165, 1.54) is 18.2 Å². The van der Waals surface area contributed by atoms with Crippen LogP contribution >= 0.6 is 0 Å². The molecule has 3 aromatic rings. The van der Waals surface area contributed by atoms with E-state index in [-0.39, 0.29) is 16.7 Å². The Labute approximate surface area is 150 Å². The Morgan fingerprint density at radius 3 is 2.12 bits per heavy atom. The van der Waals surface area contributed by atoms with Crippen LogP contribution < -0.4 is 0 Å². The van der Waals surface area contributed by atoms with Crippen molar-refractivity contribution in [3.05, 3.63) is 95.1 Å². The molecule has 4 nitrogen and oxygen atoms in total. The van der Waals surface area contributed by atoms with Gasteiger partial charge in [0, 0.05) is 11.1 Å². The monoisotopic (exact) mass is 342 g/mol. The molecule has 0 heterocycles. The van der Waals surface area contributed by atoms with Gasteiger partial charge in [-0.1, -0.05) is 54.3 Å². The lowest BCUT2D eigenvalue weighted by molar-refractivity contribution is 0.0681. The average molecular weight is 342 g/mol. The van der Waals surface area contributed by atoms with Crippen molar-refractivity contribution >= 4 is 11.9 Å². The van der Waals surface area contributed by atoms with Gasteiger partial charge in [-0.3, -0.25) is 0 Å². The van der Waals surface area contributed by atoms with Gasteiger partial charge < -0.3 is 10.2 Å². The minimum Gasteiger partial charge on any atom is -0.478 e. The molecule has 126 valence electrons. The highest BCUT2D eigenvalue weighted by molar-refractivity contribution is 5.94. The zero-order valence-corrected chi connectivity index (χ0v) is 13.6. The zero-order valence-electron chi connectivity index (χ0n) is 13.6. The van der Waals surface area contributed by atoms with Crippen molar-refractivity contribution in [1.29, 1.82) is 0 Å². The summed E-state index contributed by atoms with van der Waals surface area (Å²) in [6.07, 6.45) is 0. The number of rotatable bonds is 3. The molecule has 0 saturated carbocycles. The van der Waals surface area contributed by atoms with E-state index in [0.717, 1.165) is 11.1 Å². The van der Waals surface area contributed by atoms with Crippen molar-refractivity contribution in [2.24, 2.45) is 0 Å². The van der Waals surface area contributed by atoms with Crippen molar-refractivity contribution in [2.75, 3.05) is 0 Å². The molecule has 0 fully saturated rings. The third-order valence-electron chi connectivity index (χ3n) is 3.81. The van der Waals surface area contributed by atoms with Crippen LogP contribution in [0.15, 0.2) is 72.8 Å². The van der Waals surface area contributed by atoms with E-state index in [2.05, 4.69) is 11.8 Å². The summed E-state index contributed by atoms with van der Waals surface area (Å²) in [5.41, 5.74) is 2.90. The van der Waals surface area contributed by atoms with Crippen LogP contribution in [0, 0.1) is 11.8 Å². The highest BCUT2D eigenvalue weighted by Gasteiger charge is 2.12. The van der Waals surface area contributed by atoms with Gasteiger partial charge in [0.1, 0.15) is 0 Å². The Morgan fingerprint density at radius 1 is 0.692 bits per heavy atom. The Morgan fingerprint density at radius 2 is 1.42 bits per heavy atom. The molecular weight excluding hydrogens is 328 g/mol. The second kappa shape index (κ2) is 7.37. The number of hydrogen-bond acceptors (Lipinski definition) is 2. The van der Waals surface area contributed by atoms with E-state index >= 15 is 0 Å². The van der Waals surface area contributed by atoms with Crippen LogP contribution in [-0.4, -0.2) is 22.2 Å². The summed E-state index contributed by atoms with van der Waals surface area (Å²) in [5, 5.41) is 18.4. The number of benzene rings is 3. The summed E-state index contributed by atoms with van der Waals surface area (Å²) in [7, 11) is 0. The first kappa shape index (κ1) is 17.0. The SMILES string of the molecule is O=C(O)c1ccc(C(=O)O)c(C#Cc2cccc(-c3ccccc3)c2)c1. The molecule has 0 bridgehead atoms. The maximum atomic E-state index is 11.3. The molecule has 0 unspecified atom stereocenters. The first-order valence-electron chi connectivity index (χ1n) is 7.83. The molecule has 3 aromatic carbocycles. The number of aromatic carboxylic acids is 2. The summed E-state index contributed by atoms with van der Waals surface area (Å²) >= 11 is 0. The molecule has 3 rings (SSSR count). The van der Waals surface area contributed by atoms with Crippen molar-refractivity contribution in [3.63, 3.8) is 0 Å². The van der Waals surface area contributed by atoms with Gasteiger partial charge in [-0.2, -0.15) is 0 Å². The Hall–Kier alpha value is -3.84. The second-order valence-corrected chi connectivity index (χ2v) is 5.57. The quantitative estimate of drug-likeness (QED) is 0.701. The topological polar surface area (TPSA) is 74.6 Å². The van der Waals surface area contributed by atoms with Crippen LogP contribution in [0.3, 0.4) is 0 Å². The summed E-state index contributed by atoms with van der Waals surface area (Å²) in [6, 6.07) is 21.2. The molecule has 0 aliphatic carbocycles. The molecule has 0 spiro atoms. The highest BCUT2D eigenvalue weighted by Crippen LogP contribution is 2.20. The number of carbonyl (C=O) groups is 2. The number of carboxylic acids is 2. The Bertz CT molecular complexity index is 1040. The molecule has 0 aliphatic heterocycles. The van der Waals surface area contributed by atoms with Crippen LogP contribution in [0.5, 0.6) is 0 Å². The lowest BCUT2D eigenvalue weighted by Crippen LogP contribution is -2.03. The summed E-state index contributed by atoms with van der Waals surface area (Å²) in [5.74, 6) is 3.44. The van der Waals surface area contributed by atoms with Gasteiger partial charge in [-0.25, -0.2) is 9.59 Å². The van der Waals surface area contributed by atoms with Crippen LogP contribution in [0.1, 0.15) is 31.8 Å². The third kappa shape index (κ3) is 3.80. The first-order valence-corrected chi connectivity index (χ1v) is 7.83. The normalized spacial score (nSPS) is 9.85. The summed E-state index contributed by atoms with van der Waals surface area (Å²) in [4.78, 5) is 22.5. The Balaban J connectivity index is 2.01. The smallest absolute Gasteiger partial charge is 0.336 e. The lowest BCUT2D eigenvalue weighted by atomic mass is 10.0. The van der Waals surface area contributed by atoms with Gasteiger partial charge in [-0.15, -0.1) is 0 Å². The first-order chi connectivity index (χ1) is 12.5. The van der Waals surface area contributed by atoms with Crippen molar-refractivity contribution < 1.29 is 19.8 Å². The van der Waals surface area contributed by atoms with Crippen LogP contribution in [-0.2, 0) is 0 Å². The van der Waals surface area contributed by atoms with E-state index < -0.39 is 11.9 Å². The minimum atomic E-state index is -1.15. The average Bonchev–Trinajstić information content (AvgIpc) is 2.67. The van der Waals surface area contributed by atoms with Gasteiger partial charge in [-0.05, 0) is 41.5 Å². The van der Waals surface area contributed by atoms with E-state index in [1.807, 2.05) is 54.6 Å².